The van der Waals surface area contributed by atoms with E-state index in [1.807, 2.05) is 0 Å². The molecule has 0 bridgehead atoms. The molecule has 0 spiro atoms. The Morgan fingerprint density at radius 2 is 1.40 bits per heavy atom. The quantitative estimate of drug-likeness (QED) is 0.744. The summed E-state index contributed by atoms with van der Waals surface area (Å²) >= 11 is 2.81. The zero-order chi connectivity index (χ0) is 10.7. The minimum absolute atomic E-state index is 0.793. The van der Waals surface area contributed by atoms with Crippen molar-refractivity contribution in [2.24, 2.45) is 0 Å². The Morgan fingerprint density at radius 3 is 1.73 bits per heavy atom. The first-order chi connectivity index (χ1) is 7.16. The molecule has 0 aliphatic carbocycles. The van der Waals surface area contributed by atoms with Crippen molar-refractivity contribution in [2.45, 2.75) is 0 Å². The molecule has 2 unspecified atom stereocenters. The summed E-state index contributed by atoms with van der Waals surface area (Å²) < 4.78 is 35.8. The van der Waals surface area contributed by atoms with Gasteiger partial charge in [-0.05, 0) is 43.2 Å². The number of rotatable bonds is 4. The summed E-state index contributed by atoms with van der Waals surface area (Å²) in [5.41, 5.74) is 0. The first-order valence-corrected chi connectivity index (χ1v) is 9.32. The van der Waals surface area contributed by atoms with Gasteiger partial charge >= 0.3 is 10.4 Å². The van der Waals surface area contributed by atoms with Gasteiger partial charge in [-0.25, -0.2) is 0 Å². The van der Waals surface area contributed by atoms with Crippen LogP contribution in [-0.4, -0.2) is 17.8 Å². The van der Waals surface area contributed by atoms with Crippen molar-refractivity contribution in [2.75, 3.05) is 0 Å². The van der Waals surface area contributed by atoms with Crippen LogP contribution in [0.25, 0.3) is 0 Å². The molecule has 0 amide bonds. The van der Waals surface area contributed by atoms with Crippen molar-refractivity contribution >= 4 is 64.9 Å². The largest absolute Gasteiger partial charge is 0.421 e. The molecule has 2 atom stereocenters. The summed E-state index contributed by atoms with van der Waals surface area (Å²) in [5, 5.41) is 6.91. The molecule has 15 heavy (non-hydrogen) atoms. The van der Waals surface area contributed by atoms with E-state index in [0.29, 0.717) is 0 Å². The Labute approximate surface area is 102 Å². The predicted octanol–water partition coefficient (Wildman–Crippen LogP) is 2.59. The summed E-state index contributed by atoms with van der Waals surface area (Å²) in [6.45, 7) is 0. The molecule has 0 saturated carbocycles. The van der Waals surface area contributed by atoms with Crippen molar-refractivity contribution in [3.63, 3.8) is 0 Å². The SMILES string of the molecule is O=S(=O)(OS1=CSC=C1)OS1=CSC=C1. The summed E-state index contributed by atoms with van der Waals surface area (Å²) in [6, 6.07) is 0. The third-order valence-corrected chi connectivity index (χ3v) is 7.90. The van der Waals surface area contributed by atoms with Crippen LogP contribution in [0.1, 0.15) is 0 Å². The third-order valence-electron chi connectivity index (χ3n) is 1.16. The Bertz CT molecular complexity index is 434. The summed E-state index contributed by atoms with van der Waals surface area (Å²) in [7, 11) is -5.50. The van der Waals surface area contributed by atoms with Crippen molar-refractivity contribution in [1.82, 2.24) is 0 Å². The van der Waals surface area contributed by atoms with Crippen LogP contribution in [0.3, 0.4) is 0 Å². The highest BCUT2D eigenvalue weighted by Gasteiger charge is 2.17. The number of hydrogen-bond donors (Lipinski definition) is 0. The lowest BCUT2D eigenvalue weighted by atomic mass is 11.3. The van der Waals surface area contributed by atoms with E-state index in [2.05, 4.69) is 0 Å². The molecule has 4 nitrogen and oxygen atoms in total. The van der Waals surface area contributed by atoms with Crippen molar-refractivity contribution in [3.8, 4) is 0 Å². The van der Waals surface area contributed by atoms with E-state index in [4.69, 9.17) is 7.26 Å². The smallest absolute Gasteiger partial charge is 0.178 e. The van der Waals surface area contributed by atoms with Gasteiger partial charge < -0.3 is 0 Å². The van der Waals surface area contributed by atoms with Gasteiger partial charge in [0.15, 0.2) is 0 Å². The third kappa shape index (κ3) is 3.77. The van der Waals surface area contributed by atoms with E-state index in [9.17, 15) is 8.42 Å². The van der Waals surface area contributed by atoms with Gasteiger partial charge in [0, 0.05) is 9.40 Å². The molecule has 0 saturated heterocycles. The monoisotopic (exact) mass is 302 g/mol. The van der Waals surface area contributed by atoms with E-state index in [0.717, 1.165) is 0 Å². The maximum Gasteiger partial charge on any atom is 0.421 e. The van der Waals surface area contributed by atoms with Gasteiger partial charge in [-0.2, -0.15) is 15.7 Å². The van der Waals surface area contributed by atoms with Crippen LogP contribution < -0.4 is 0 Å². The molecule has 84 valence electrons. The lowest BCUT2D eigenvalue weighted by Crippen LogP contribution is -2.02. The van der Waals surface area contributed by atoms with Gasteiger partial charge in [0.1, 0.15) is 0 Å². The van der Waals surface area contributed by atoms with Gasteiger partial charge in [0.05, 0.1) is 0 Å². The minimum Gasteiger partial charge on any atom is -0.178 e. The fourth-order valence-corrected chi connectivity index (χ4v) is 7.02. The molecular formula is C6H6O4S5. The van der Waals surface area contributed by atoms with Gasteiger partial charge in [0.25, 0.3) is 0 Å². The normalized spacial score (nSPS) is 29.1. The molecule has 2 aliphatic rings. The van der Waals surface area contributed by atoms with Crippen LogP contribution in [0.4, 0.5) is 0 Å². The van der Waals surface area contributed by atoms with Gasteiger partial charge in [-0.3, -0.25) is 0 Å². The maximum absolute atomic E-state index is 11.4. The standard InChI is InChI=1S/C6H6O4S5/c7-15(8,9-13-3-1-11-5-13)10-14-4-2-12-6-14/h1-6H. The fourth-order valence-electron chi connectivity index (χ4n) is 0.693. The average molecular weight is 302 g/mol. The highest BCUT2D eigenvalue weighted by Crippen LogP contribution is 2.34. The van der Waals surface area contributed by atoms with Gasteiger partial charge in [-0.15, -0.1) is 0 Å². The molecule has 0 aromatic carbocycles. The van der Waals surface area contributed by atoms with Crippen molar-refractivity contribution in [1.29, 1.82) is 0 Å². The van der Waals surface area contributed by atoms with Crippen molar-refractivity contribution < 1.29 is 15.7 Å². The summed E-state index contributed by atoms with van der Waals surface area (Å²) in [4.78, 5) is 0. The maximum atomic E-state index is 11.4. The molecule has 0 radical (unpaired) electrons. The Morgan fingerprint density at radius 1 is 0.933 bits per heavy atom. The van der Waals surface area contributed by atoms with Crippen LogP contribution >= 0.6 is 45.1 Å². The molecule has 0 aromatic rings. The molecule has 0 aromatic heterocycles. The Kier molecular flexibility index (Phi) is 4.16. The van der Waals surface area contributed by atoms with Crippen LogP contribution in [0, 0.1) is 0 Å². The van der Waals surface area contributed by atoms with E-state index < -0.39 is 31.9 Å². The zero-order valence-electron chi connectivity index (χ0n) is 7.14. The molecule has 0 N–H and O–H groups in total. The minimum atomic E-state index is -3.92. The second kappa shape index (κ2) is 5.21. The molecule has 2 heterocycles. The van der Waals surface area contributed by atoms with E-state index >= 15 is 0 Å². The van der Waals surface area contributed by atoms with Crippen LogP contribution in [-0.2, 0) is 17.7 Å². The average Bonchev–Trinajstić information content (AvgIpc) is 2.75. The van der Waals surface area contributed by atoms with Crippen LogP contribution in [0.2, 0.25) is 0 Å². The van der Waals surface area contributed by atoms with Crippen LogP contribution in [0.5, 0.6) is 0 Å². The van der Waals surface area contributed by atoms with Gasteiger partial charge in [-0.1, -0.05) is 23.5 Å². The Hall–Kier alpha value is 0.490. The van der Waals surface area contributed by atoms with E-state index in [1.54, 1.807) is 31.0 Å². The van der Waals surface area contributed by atoms with Crippen molar-refractivity contribution in [3.05, 3.63) is 21.6 Å². The predicted molar refractivity (Wildman–Crippen MR) is 71.9 cm³/mol. The highest BCUT2D eigenvalue weighted by atomic mass is 32.3. The first kappa shape index (κ1) is 12.0. The topological polar surface area (TPSA) is 52.6 Å². The summed E-state index contributed by atoms with van der Waals surface area (Å²) in [6.07, 6.45) is 0. The lowest BCUT2D eigenvalue weighted by Gasteiger charge is -2.04. The van der Waals surface area contributed by atoms with E-state index in [-0.39, 0.29) is 0 Å². The Balaban J connectivity index is 2.00. The molecule has 0 fully saturated rings. The molecule has 2 aliphatic heterocycles. The van der Waals surface area contributed by atoms with E-state index in [1.165, 1.54) is 23.5 Å². The fraction of sp³-hybridized carbons (Fsp3) is 0. The zero-order valence-corrected chi connectivity index (χ0v) is 11.2. The number of thioether (sulfide) groups is 2. The lowest BCUT2D eigenvalue weighted by molar-refractivity contribution is 0.439. The first-order valence-electron chi connectivity index (χ1n) is 3.55. The second-order valence-electron chi connectivity index (χ2n) is 2.21. The molecule has 2 rings (SSSR count). The second-order valence-corrected chi connectivity index (χ2v) is 8.60. The molecular weight excluding hydrogens is 296 g/mol. The van der Waals surface area contributed by atoms with Gasteiger partial charge in [0.2, 0.25) is 0 Å². The molecule has 9 heteroatoms. The summed E-state index contributed by atoms with van der Waals surface area (Å²) in [5.74, 6) is 0. The highest BCUT2D eigenvalue weighted by molar-refractivity contribution is 8.37. The number of hydrogen-bond acceptors (Lipinski definition) is 6. The van der Waals surface area contributed by atoms with Crippen LogP contribution in [0.15, 0.2) is 21.6 Å².